The van der Waals surface area contributed by atoms with Gasteiger partial charge in [-0.1, -0.05) is 39.3 Å². The van der Waals surface area contributed by atoms with Gasteiger partial charge in [0.25, 0.3) is 5.91 Å². The largest absolute Gasteiger partial charge is 0.361 e. The number of aromatic nitrogens is 2. The summed E-state index contributed by atoms with van der Waals surface area (Å²) in [4.78, 5) is 17.2. The molecule has 0 saturated carbocycles. The van der Waals surface area contributed by atoms with E-state index in [1.807, 2.05) is 45.0 Å². The minimum Gasteiger partial charge on any atom is -0.361 e. The highest BCUT2D eigenvalue weighted by Gasteiger charge is 2.18. The van der Waals surface area contributed by atoms with Crippen LogP contribution in [0.5, 0.6) is 0 Å². The normalized spacial score (nSPS) is 12.0. The average molecular weight is 446 g/mol. The van der Waals surface area contributed by atoms with E-state index in [0.717, 1.165) is 27.1 Å². The number of hydrogen-bond donors (Lipinski definition) is 1. The minimum atomic E-state index is -0.146. The molecule has 3 rings (SSSR count). The van der Waals surface area contributed by atoms with E-state index in [-0.39, 0.29) is 11.9 Å². The van der Waals surface area contributed by atoms with Crippen molar-refractivity contribution in [2.75, 3.05) is 0 Å². The Hall–Kier alpha value is -2.12. The Morgan fingerprint density at radius 2 is 2.04 bits per heavy atom. The predicted octanol–water partition coefficient (Wildman–Crippen LogP) is 5.23. The van der Waals surface area contributed by atoms with Gasteiger partial charge in [-0.05, 0) is 44.5 Å². The number of benzene rings is 1. The van der Waals surface area contributed by atoms with Crippen LogP contribution < -0.4 is 5.32 Å². The fourth-order valence-electron chi connectivity index (χ4n) is 2.71. The first-order chi connectivity index (χ1) is 13.0. The van der Waals surface area contributed by atoms with Crippen LogP contribution >= 0.6 is 27.7 Å². The highest BCUT2D eigenvalue weighted by atomic mass is 79.9. The minimum absolute atomic E-state index is 0.131. The Bertz CT molecular complexity index is 938. The molecular formula is C20H20BrN3O2S. The second kappa shape index (κ2) is 8.71. The molecule has 1 unspecified atom stereocenters. The molecule has 0 aliphatic rings. The lowest BCUT2D eigenvalue weighted by atomic mass is 10.1. The number of halogens is 1. The van der Waals surface area contributed by atoms with E-state index in [9.17, 15) is 4.79 Å². The zero-order valence-electron chi connectivity index (χ0n) is 15.3. The standard InChI is InChI=1S/C20H20BrN3O2S/c1-12(15-7-4-5-9-18(15)21)23-19(25)16-8-6-10-22-20(16)27-11-17-13(2)24-26-14(17)3/h4-10,12H,11H2,1-3H3,(H,23,25). The van der Waals surface area contributed by atoms with Crippen molar-refractivity contribution in [3.05, 3.63) is 75.2 Å². The SMILES string of the molecule is Cc1noc(C)c1CSc1ncccc1C(=O)NC(C)c1ccccc1Br. The number of carbonyl (C=O) groups is 1. The van der Waals surface area contributed by atoms with Gasteiger partial charge < -0.3 is 9.84 Å². The Balaban J connectivity index is 1.75. The first-order valence-corrected chi connectivity index (χ1v) is 10.3. The third-order valence-electron chi connectivity index (χ3n) is 4.27. The molecule has 0 fully saturated rings. The number of thioether (sulfide) groups is 1. The van der Waals surface area contributed by atoms with Gasteiger partial charge in [-0.25, -0.2) is 4.98 Å². The zero-order chi connectivity index (χ0) is 19.4. The average Bonchev–Trinajstić information content (AvgIpc) is 2.98. The molecule has 3 aromatic rings. The summed E-state index contributed by atoms with van der Waals surface area (Å²) in [7, 11) is 0. The van der Waals surface area contributed by atoms with Crippen LogP contribution in [-0.4, -0.2) is 16.0 Å². The van der Waals surface area contributed by atoms with Crippen molar-refractivity contribution < 1.29 is 9.32 Å². The maximum Gasteiger partial charge on any atom is 0.254 e. The first kappa shape index (κ1) is 19.6. The summed E-state index contributed by atoms with van der Waals surface area (Å²) in [6, 6.07) is 11.3. The van der Waals surface area contributed by atoms with Crippen molar-refractivity contribution in [2.24, 2.45) is 0 Å². The lowest BCUT2D eigenvalue weighted by molar-refractivity contribution is 0.0936. The fourth-order valence-corrected chi connectivity index (χ4v) is 4.48. The van der Waals surface area contributed by atoms with E-state index >= 15 is 0 Å². The van der Waals surface area contributed by atoms with Crippen LogP contribution in [0.4, 0.5) is 0 Å². The van der Waals surface area contributed by atoms with Crippen LogP contribution in [0.15, 0.2) is 56.6 Å². The smallest absolute Gasteiger partial charge is 0.254 e. The molecule has 1 N–H and O–H groups in total. The Kier molecular flexibility index (Phi) is 6.34. The van der Waals surface area contributed by atoms with E-state index in [0.29, 0.717) is 16.3 Å². The van der Waals surface area contributed by atoms with Gasteiger partial charge in [0.1, 0.15) is 10.8 Å². The molecule has 0 spiro atoms. The lowest BCUT2D eigenvalue weighted by Gasteiger charge is -2.17. The molecule has 0 saturated heterocycles. The molecule has 0 bridgehead atoms. The molecule has 0 aliphatic heterocycles. The van der Waals surface area contributed by atoms with Crippen molar-refractivity contribution in [2.45, 2.75) is 37.6 Å². The van der Waals surface area contributed by atoms with Crippen molar-refractivity contribution in [3.63, 3.8) is 0 Å². The Morgan fingerprint density at radius 1 is 1.26 bits per heavy atom. The molecule has 1 aromatic carbocycles. The third-order valence-corrected chi connectivity index (χ3v) is 6.02. The number of amides is 1. The van der Waals surface area contributed by atoms with Crippen LogP contribution in [0.3, 0.4) is 0 Å². The molecule has 0 radical (unpaired) electrons. The fraction of sp³-hybridized carbons (Fsp3) is 0.250. The highest BCUT2D eigenvalue weighted by Crippen LogP contribution is 2.28. The van der Waals surface area contributed by atoms with Gasteiger partial charge in [0.15, 0.2) is 0 Å². The quantitative estimate of drug-likeness (QED) is 0.525. The molecule has 27 heavy (non-hydrogen) atoms. The van der Waals surface area contributed by atoms with Gasteiger partial charge in [-0.3, -0.25) is 4.79 Å². The second-order valence-corrected chi connectivity index (χ2v) is 7.98. The van der Waals surface area contributed by atoms with Crippen molar-refractivity contribution in [3.8, 4) is 0 Å². The summed E-state index contributed by atoms with van der Waals surface area (Å²) >= 11 is 5.04. The van der Waals surface area contributed by atoms with E-state index in [2.05, 4.69) is 31.4 Å². The van der Waals surface area contributed by atoms with Crippen LogP contribution in [0.2, 0.25) is 0 Å². The summed E-state index contributed by atoms with van der Waals surface area (Å²) < 4.78 is 6.18. The summed E-state index contributed by atoms with van der Waals surface area (Å²) in [5.41, 5.74) is 3.50. The van der Waals surface area contributed by atoms with E-state index < -0.39 is 0 Å². The van der Waals surface area contributed by atoms with Crippen molar-refractivity contribution >= 4 is 33.6 Å². The second-order valence-electron chi connectivity index (χ2n) is 6.16. The van der Waals surface area contributed by atoms with E-state index in [1.54, 1.807) is 18.3 Å². The summed E-state index contributed by atoms with van der Waals surface area (Å²) in [6.07, 6.45) is 1.70. The van der Waals surface area contributed by atoms with Crippen molar-refractivity contribution in [1.82, 2.24) is 15.5 Å². The molecule has 2 aromatic heterocycles. The predicted molar refractivity (Wildman–Crippen MR) is 110 cm³/mol. The number of pyridine rings is 1. The number of carbonyl (C=O) groups excluding carboxylic acids is 1. The molecule has 0 aliphatic carbocycles. The molecule has 140 valence electrons. The molecular weight excluding hydrogens is 426 g/mol. The number of hydrogen-bond acceptors (Lipinski definition) is 5. The van der Waals surface area contributed by atoms with Gasteiger partial charge in [-0.2, -0.15) is 0 Å². The maximum absolute atomic E-state index is 12.8. The van der Waals surface area contributed by atoms with Crippen molar-refractivity contribution in [1.29, 1.82) is 0 Å². The number of aryl methyl sites for hydroxylation is 2. The number of nitrogens with zero attached hydrogens (tertiary/aromatic N) is 2. The molecule has 1 amide bonds. The first-order valence-electron chi connectivity index (χ1n) is 8.52. The van der Waals surface area contributed by atoms with Gasteiger partial charge >= 0.3 is 0 Å². The van der Waals surface area contributed by atoms with Crippen LogP contribution in [0.25, 0.3) is 0 Å². The number of nitrogens with one attached hydrogen (secondary N) is 1. The Labute approximate surface area is 171 Å². The van der Waals surface area contributed by atoms with Gasteiger partial charge in [0.2, 0.25) is 0 Å². The lowest BCUT2D eigenvalue weighted by Crippen LogP contribution is -2.27. The monoisotopic (exact) mass is 445 g/mol. The van der Waals surface area contributed by atoms with Crippen LogP contribution in [0.1, 0.15) is 45.9 Å². The van der Waals surface area contributed by atoms with Gasteiger partial charge in [0, 0.05) is 22.0 Å². The van der Waals surface area contributed by atoms with Crippen LogP contribution in [0, 0.1) is 13.8 Å². The Morgan fingerprint density at radius 3 is 2.74 bits per heavy atom. The topological polar surface area (TPSA) is 68.0 Å². The zero-order valence-corrected chi connectivity index (χ0v) is 17.7. The maximum atomic E-state index is 12.8. The number of rotatable bonds is 6. The van der Waals surface area contributed by atoms with Crippen LogP contribution in [-0.2, 0) is 5.75 Å². The van der Waals surface area contributed by atoms with E-state index in [4.69, 9.17) is 4.52 Å². The molecule has 7 heteroatoms. The third kappa shape index (κ3) is 4.59. The molecule has 5 nitrogen and oxygen atoms in total. The highest BCUT2D eigenvalue weighted by molar-refractivity contribution is 9.10. The summed E-state index contributed by atoms with van der Waals surface area (Å²) in [5, 5.41) is 7.72. The van der Waals surface area contributed by atoms with Gasteiger partial charge in [0.05, 0.1) is 17.3 Å². The van der Waals surface area contributed by atoms with E-state index in [1.165, 1.54) is 11.8 Å². The molecule has 1 atom stereocenters. The molecule has 2 heterocycles. The summed E-state index contributed by atoms with van der Waals surface area (Å²) in [5.74, 6) is 1.30. The summed E-state index contributed by atoms with van der Waals surface area (Å²) in [6.45, 7) is 5.77. The van der Waals surface area contributed by atoms with Gasteiger partial charge in [-0.15, -0.1) is 11.8 Å².